The molecule has 4 aromatic rings. The first kappa shape index (κ1) is 38.3. The molecule has 3 N–H and O–H groups in total. The quantitative estimate of drug-likeness (QED) is 0.132. The van der Waals surface area contributed by atoms with Crippen molar-refractivity contribution >= 4 is 64.3 Å². The largest absolute Gasteiger partial charge is 0.508 e. The van der Waals surface area contributed by atoms with E-state index in [0.29, 0.717) is 50.3 Å². The Morgan fingerprint density at radius 2 is 1.71 bits per heavy atom. The lowest BCUT2D eigenvalue weighted by Gasteiger charge is -2.51. The van der Waals surface area contributed by atoms with Gasteiger partial charge in [0, 0.05) is 29.1 Å². The molecule has 9 rings (SSSR count). The fraction of sp³-hybridized carbons (Fsp3) is 0.238. The molecule has 2 aliphatic carbocycles. The highest BCUT2D eigenvalue weighted by molar-refractivity contribution is 6.33. The van der Waals surface area contributed by atoms with Crippen molar-refractivity contribution in [2.45, 2.75) is 30.9 Å². The lowest BCUT2D eigenvalue weighted by Crippen LogP contribution is -2.55. The number of aromatic carboxylic acids is 1. The van der Waals surface area contributed by atoms with Crippen molar-refractivity contribution in [1.82, 2.24) is 9.99 Å². The predicted octanol–water partition coefficient (Wildman–Crippen LogP) is 7.35. The monoisotopic (exact) mass is 844 g/mol. The molecule has 2 saturated heterocycles. The van der Waals surface area contributed by atoms with Gasteiger partial charge >= 0.3 is 12.1 Å². The van der Waals surface area contributed by atoms with E-state index in [-0.39, 0.29) is 36.3 Å². The van der Waals surface area contributed by atoms with Crippen LogP contribution >= 0.6 is 23.2 Å². The molecular formula is C42H29Cl2F3N4O8. The van der Waals surface area contributed by atoms with Gasteiger partial charge < -0.3 is 14.9 Å². The summed E-state index contributed by atoms with van der Waals surface area (Å²) in [5, 5.41) is 20.6. The van der Waals surface area contributed by atoms with Crippen LogP contribution in [0, 0.1) is 29.6 Å². The summed E-state index contributed by atoms with van der Waals surface area (Å²) in [5.41, 5.74) is 1.57. The minimum absolute atomic E-state index is 0.0503. The van der Waals surface area contributed by atoms with Crippen molar-refractivity contribution in [3.05, 3.63) is 135 Å². The molecule has 0 unspecified atom stereocenters. The van der Waals surface area contributed by atoms with Crippen molar-refractivity contribution in [2.24, 2.45) is 29.6 Å². The number of hydrogen-bond donors (Lipinski definition) is 3. The molecule has 1 saturated carbocycles. The molecule has 3 aliphatic heterocycles. The van der Waals surface area contributed by atoms with Crippen LogP contribution in [0.4, 0.5) is 24.7 Å². The average Bonchev–Trinajstić information content (AvgIpc) is 3.58. The van der Waals surface area contributed by atoms with Crippen LogP contribution in [0.3, 0.4) is 0 Å². The molecule has 17 heteroatoms. The number of carbonyl (C=O) groups excluding carboxylic acids is 4. The Kier molecular flexibility index (Phi) is 8.90. The summed E-state index contributed by atoms with van der Waals surface area (Å²) >= 11 is 12.6. The van der Waals surface area contributed by atoms with E-state index >= 15 is 4.79 Å². The summed E-state index contributed by atoms with van der Waals surface area (Å²) < 4.78 is 46.7. The minimum atomic E-state index is -4.78. The highest BCUT2D eigenvalue weighted by Crippen LogP contribution is 2.63. The van der Waals surface area contributed by atoms with Gasteiger partial charge in [0.2, 0.25) is 11.8 Å². The molecule has 5 aliphatic rings. The van der Waals surface area contributed by atoms with Gasteiger partial charge in [-0.05, 0) is 84.5 Å². The number of carboxylic acid groups (broad SMARTS) is 1. The zero-order valence-electron chi connectivity index (χ0n) is 30.2. The topological polar surface area (TPSA) is 166 Å². The van der Waals surface area contributed by atoms with Gasteiger partial charge in [0.25, 0.3) is 11.8 Å². The predicted molar refractivity (Wildman–Crippen MR) is 204 cm³/mol. The molecule has 0 bridgehead atoms. The van der Waals surface area contributed by atoms with Crippen LogP contribution in [0.5, 0.6) is 11.5 Å². The van der Waals surface area contributed by atoms with Crippen molar-refractivity contribution in [2.75, 3.05) is 10.3 Å². The van der Waals surface area contributed by atoms with E-state index in [4.69, 9.17) is 27.9 Å². The molecule has 1 aromatic heterocycles. The second-order valence-corrected chi connectivity index (χ2v) is 15.9. The van der Waals surface area contributed by atoms with Crippen molar-refractivity contribution in [1.29, 1.82) is 0 Å². The van der Waals surface area contributed by atoms with Gasteiger partial charge in [0.05, 0.1) is 51.3 Å². The Bertz CT molecular complexity index is 2600. The number of allylic oxidation sites excluding steroid dienone is 3. The minimum Gasteiger partial charge on any atom is -0.508 e. The van der Waals surface area contributed by atoms with Crippen LogP contribution in [0.2, 0.25) is 10.0 Å². The van der Waals surface area contributed by atoms with Crippen LogP contribution in [-0.4, -0.2) is 49.8 Å². The summed E-state index contributed by atoms with van der Waals surface area (Å²) in [6.45, 7) is 0. The molecule has 0 radical (unpaired) electrons. The fourth-order valence-electron chi connectivity index (χ4n) is 9.63. The van der Waals surface area contributed by atoms with Crippen molar-refractivity contribution < 1.29 is 52.1 Å². The maximum Gasteiger partial charge on any atom is 0.417 e. The number of nitrogens with zero attached hydrogens (tertiary/aromatic N) is 3. The van der Waals surface area contributed by atoms with Crippen LogP contribution in [-0.2, 0) is 37.2 Å². The number of anilines is 2. The molecule has 6 atom stereocenters. The number of phenolic OH excluding ortho intramolecular Hbond substituents is 1. The lowest BCUT2D eigenvalue weighted by atomic mass is 9.48. The number of imide groups is 2. The van der Waals surface area contributed by atoms with Crippen LogP contribution in [0.15, 0.2) is 102 Å². The van der Waals surface area contributed by atoms with Crippen molar-refractivity contribution in [3.8, 4) is 11.5 Å². The molecule has 4 heterocycles. The summed E-state index contributed by atoms with van der Waals surface area (Å²) in [7, 11) is 0. The molecule has 3 aromatic carbocycles. The van der Waals surface area contributed by atoms with Crippen LogP contribution < -0.4 is 15.1 Å². The van der Waals surface area contributed by atoms with Gasteiger partial charge in [-0.15, -0.1) is 0 Å². The number of hydrogen-bond acceptors (Lipinski definition) is 9. The second-order valence-electron chi connectivity index (χ2n) is 15.1. The van der Waals surface area contributed by atoms with E-state index in [1.165, 1.54) is 42.7 Å². The standard InChI is InChI=1S/C42H29Cl2F3N4O8/c43-24-6-4-22(5-7-24)41-30(37(54)51(40(41)58)49-35-31(44)15-23(17-48-35)42(45,46)47)16-29-27(34(41)21-12-20-14-26(52)8-11-32(20)59-18-21)9-10-28-33(29)38(55)50(36(28)53)25-3-1-2-19(13-25)39(56)57/h1-9,11,13-15,17-18,28-30,33-34,52H,10,12,16H2,(H,48,49)(H,56,57)/t28-,29+,30-,33-,34-,41+/m0/s1. The number of rotatable bonds is 6. The number of halogens is 5. The van der Waals surface area contributed by atoms with E-state index in [9.17, 15) is 42.6 Å². The normalized spacial score (nSPS) is 26.0. The molecule has 4 amide bonds. The number of aromatic nitrogens is 1. The SMILES string of the molecule is O=C(O)c1cccc(N2C(=O)[C@H]3[C@H](CC=C4[C@H](C5=COc6ccc(O)cc6C5)[C@]5(c6ccc(Cl)cc6)C(=O)N(Nc6ncc(C(F)(F)F)cc6Cl)C(=O)[C@@H]5C[C@H]43)C2=O)c1. The number of aromatic hydroxyl groups is 1. The van der Waals surface area contributed by atoms with E-state index < -0.39 is 87.2 Å². The summed E-state index contributed by atoms with van der Waals surface area (Å²) in [4.78, 5) is 75.8. The first-order valence-corrected chi connectivity index (χ1v) is 19.1. The number of ether oxygens (including phenoxy) is 1. The molecule has 300 valence electrons. The van der Waals surface area contributed by atoms with Gasteiger partial charge in [-0.3, -0.25) is 29.5 Å². The van der Waals surface area contributed by atoms with Gasteiger partial charge in [0.1, 0.15) is 11.5 Å². The van der Waals surface area contributed by atoms with Gasteiger partial charge in [0.15, 0.2) is 5.82 Å². The maximum atomic E-state index is 15.4. The Morgan fingerprint density at radius 3 is 2.42 bits per heavy atom. The smallest absolute Gasteiger partial charge is 0.417 e. The third kappa shape index (κ3) is 5.88. The number of fused-ring (bicyclic) bond motifs is 5. The molecule has 3 fully saturated rings. The maximum absolute atomic E-state index is 15.4. The Morgan fingerprint density at radius 1 is 0.949 bits per heavy atom. The number of benzene rings is 3. The Labute approximate surface area is 342 Å². The van der Waals surface area contributed by atoms with Gasteiger partial charge in [-0.1, -0.05) is 53.1 Å². The fourth-order valence-corrected chi connectivity index (χ4v) is 9.97. The lowest BCUT2D eigenvalue weighted by molar-refractivity contribution is -0.139. The van der Waals surface area contributed by atoms with E-state index in [1.54, 1.807) is 30.3 Å². The zero-order valence-corrected chi connectivity index (χ0v) is 31.8. The third-order valence-corrected chi connectivity index (χ3v) is 12.6. The number of phenols is 1. The van der Waals surface area contributed by atoms with Crippen LogP contribution in [0.1, 0.15) is 39.9 Å². The number of hydrazine groups is 1. The highest BCUT2D eigenvalue weighted by Gasteiger charge is 2.71. The Balaban J connectivity index is 1.21. The number of nitrogens with one attached hydrogen (secondary N) is 1. The third-order valence-electron chi connectivity index (χ3n) is 12.1. The number of carbonyl (C=O) groups is 5. The van der Waals surface area contributed by atoms with Crippen molar-refractivity contribution in [3.63, 3.8) is 0 Å². The first-order valence-electron chi connectivity index (χ1n) is 18.3. The molecule has 0 spiro atoms. The zero-order chi connectivity index (χ0) is 41.7. The van der Waals surface area contributed by atoms with Crippen LogP contribution in [0.25, 0.3) is 0 Å². The summed E-state index contributed by atoms with van der Waals surface area (Å²) in [6.07, 6.45) is -0.922. The molecular weight excluding hydrogens is 816 g/mol. The highest BCUT2D eigenvalue weighted by atomic mass is 35.5. The number of carboxylic acids is 1. The summed E-state index contributed by atoms with van der Waals surface area (Å²) in [6, 6.07) is 16.9. The number of amides is 4. The van der Waals surface area contributed by atoms with E-state index in [2.05, 4.69) is 10.4 Å². The summed E-state index contributed by atoms with van der Waals surface area (Å²) in [5.74, 6) is -9.06. The second kappa shape index (κ2) is 13.7. The van der Waals surface area contributed by atoms with E-state index in [0.717, 1.165) is 4.90 Å². The van der Waals surface area contributed by atoms with Gasteiger partial charge in [-0.2, -0.15) is 18.2 Å². The van der Waals surface area contributed by atoms with E-state index in [1.807, 2.05) is 6.08 Å². The number of alkyl halides is 3. The Hall–Kier alpha value is -6.19. The van der Waals surface area contributed by atoms with Gasteiger partial charge in [-0.25, -0.2) is 9.78 Å². The average molecular weight is 846 g/mol. The molecule has 59 heavy (non-hydrogen) atoms. The first-order chi connectivity index (χ1) is 28.1. The number of pyridine rings is 1. The molecule has 12 nitrogen and oxygen atoms in total.